The van der Waals surface area contributed by atoms with E-state index >= 15 is 0 Å². The van der Waals surface area contributed by atoms with Crippen LogP contribution in [0.15, 0.2) is 0 Å². The van der Waals surface area contributed by atoms with Gasteiger partial charge >= 0.3 is 0 Å². The summed E-state index contributed by atoms with van der Waals surface area (Å²) in [6.07, 6.45) is 3.08. The number of nitrogens with one attached hydrogen (secondary N) is 1. The second-order valence-electron chi connectivity index (χ2n) is 8.76. The summed E-state index contributed by atoms with van der Waals surface area (Å²) in [6.45, 7) is 17.1. The summed E-state index contributed by atoms with van der Waals surface area (Å²) in [7, 11) is 4.06. The number of carbonyl (C=O) groups is 1. The van der Waals surface area contributed by atoms with Gasteiger partial charge in [0.2, 0.25) is 5.91 Å². The van der Waals surface area contributed by atoms with Crippen molar-refractivity contribution in [3.05, 3.63) is 0 Å². The Labute approximate surface area is 132 Å². The van der Waals surface area contributed by atoms with E-state index in [0.717, 1.165) is 25.8 Å². The highest BCUT2D eigenvalue weighted by Crippen LogP contribution is 2.49. The summed E-state index contributed by atoms with van der Waals surface area (Å²) in [5.74, 6) is 0.206. The molecule has 0 aliphatic rings. The van der Waals surface area contributed by atoms with E-state index in [9.17, 15) is 4.79 Å². The molecule has 21 heavy (non-hydrogen) atoms. The highest BCUT2D eigenvalue weighted by molar-refractivity contribution is 5.83. The maximum atomic E-state index is 12.9. The van der Waals surface area contributed by atoms with Crippen LogP contribution in [0.3, 0.4) is 0 Å². The minimum atomic E-state index is -0.340. The third-order valence-electron chi connectivity index (χ3n) is 4.60. The van der Waals surface area contributed by atoms with Crippen molar-refractivity contribution in [3.63, 3.8) is 0 Å². The quantitative estimate of drug-likeness (QED) is 0.736. The minimum absolute atomic E-state index is 0.00275. The second-order valence-corrected chi connectivity index (χ2v) is 8.76. The molecule has 0 aliphatic heterocycles. The normalized spacial score (nSPS) is 15.9. The first-order chi connectivity index (χ1) is 9.35. The fraction of sp³-hybridized carbons (Fsp3) is 0.944. The van der Waals surface area contributed by atoms with Gasteiger partial charge in [0.25, 0.3) is 0 Å². The fourth-order valence-electron chi connectivity index (χ4n) is 3.18. The molecule has 1 unspecified atom stereocenters. The van der Waals surface area contributed by atoms with E-state index in [0.29, 0.717) is 6.54 Å². The van der Waals surface area contributed by atoms with Crippen LogP contribution >= 0.6 is 0 Å². The lowest BCUT2D eigenvalue weighted by molar-refractivity contribution is -0.140. The van der Waals surface area contributed by atoms with Crippen molar-refractivity contribution in [2.45, 2.75) is 67.7 Å². The van der Waals surface area contributed by atoms with E-state index in [2.05, 4.69) is 58.7 Å². The van der Waals surface area contributed by atoms with Crippen LogP contribution < -0.4 is 5.32 Å². The summed E-state index contributed by atoms with van der Waals surface area (Å²) in [6, 6.07) is 0. The number of rotatable bonds is 8. The average molecular weight is 299 g/mol. The lowest BCUT2D eigenvalue weighted by Crippen LogP contribution is -2.51. The number of hydrogen-bond donors (Lipinski definition) is 1. The number of nitrogens with zero attached hydrogens (tertiary/aromatic N) is 1. The van der Waals surface area contributed by atoms with Gasteiger partial charge < -0.3 is 10.2 Å². The van der Waals surface area contributed by atoms with Gasteiger partial charge in [-0.2, -0.15) is 0 Å². The Morgan fingerprint density at radius 1 is 1.05 bits per heavy atom. The molecule has 1 atom stereocenters. The van der Waals surface area contributed by atoms with Crippen molar-refractivity contribution < 1.29 is 4.79 Å². The van der Waals surface area contributed by atoms with Gasteiger partial charge in [-0.1, -0.05) is 54.9 Å². The molecule has 0 bridgehead atoms. The third kappa shape index (κ3) is 6.37. The lowest BCUT2D eigenvalue weighted by atomic mass is 9.58. The molecule has 0 aliphatic carbocycles. The summed E-state index contributed by atoms with van der Waals surface area (Å²) in [4.78, 5) is 15.0. The number of carbonyl (C=O) groups excluding carboxylic acids is 1. The van der Waals surface area contributed by atoms with E-state index < -0.39 is 0 Å². The van der Waals surface area contributed by atoms with Gasteiger partial charge in [-0.3, -0.25) is 4.79 Å². The molecule has 1 N–H and O–H groups in total. The van der Waals surface area contributed by atoms with Gasteiger partial charge in [0.15, 0.2) is 0 Å². The number of hydrogen-bond acceptors (Lipinski definition) is 2. The zero-order valence-corrected chi connectivity index (χ0v) is 15.9. The first-order valence-electron chi connectivity index (χ1n) is 8.29. The Morgan fingerprint density at radius 3 is 1.95 bits per heavy atom. The van der Waals surface area contributed by atoms with Gasteiger partial charge in [0.05, 0.1) is 5.41 Å². The predicted molar refractivity (Wildman–Crippen MR) is 92.4 cm³/mol. The van der Waals surface area contributed by atoms with E-state index in [1.54, 1.807) is 0 Å². The zero-order valence-electron chi connectivity index (χ0n) is 15.9. The monoisotopic (exact) mass is 298 g/mol. The van der Waals surface area contributed by atoms with E-state index in [4.69, 9.17) is 0 Å². The predicted octanol–water partition coefficient (Wildman–Crippen LogP) is 3.93. The summed E-state index contributed by atoms with van der Waals surface area (Å²) >= 11 is 0. The Bertz CT molecular complexity index is 329. The highest BCUT2D eigenvalue weighted by atomic mass is 16.2. The topological polar surface area (TPSA) is 32.3 Å². The molecule has 0 saturated heterocycles. The van der Waals surface area contributed by atoms with Gasteiger partial charge in [-0.05, 0) is 37.8 Å². The van der Waals surface area contributed by atoms with Gasteiger partial charge in [0, 0.05) is 13.1 Å². The Hall–Kier alpha value is -0.570. The smallest absolute Gasteiger partial charge is 0.226 e. The molecule has 3 nitrogen and oxygen atoms in total. The average Bonchev–Trinajstić information content (AvgIpc) is 2.25. The number of amides is 1. The van der Waals surface area contributed by atoms with Crippen LogP contribution in [0.1, 0.15) is 67.7 Å². The largest absolute Gasteiger partial charge is 0.354 e. The molecule has 0 saturated carbocycles. The molecular formula is C18H38N2O. The Kier molecular flexibility index (Phi) is 7.41. The van der Waals surface area contributed by atoms with Crippen molar-refractivity contribution in [2.24, 2.45) is 16.2 Å². The zero-order chi connectivity index (χ0) is 16.9. The second kappa shape index (κ2) is 7.62. The highest BCUT2D eigenvalue weighted by Gasteiger charge is 2.48. The van der Waals surface area contributed by atoms with Crippen LogP contribution in [0.2, 0.25) is 0 Å². The molecule has 0 aromatic carbocycles. The number of likely N-dealkylation sites (N-methyl/N-ethyl adjacent to an activating group) is 1. The van der Waals surface area contributed by atoms with Gasteiger partial charge in [-0.25, -0.2) is 0 Å². The van der Waals surface area contributed by atoms with Crippen molar-refractivity contribution in [1.82, 2.24) is 10.2 Å². The van der Waals surface area contributed by atoms with E-state index in [-0.39, 0.29) is 22.2 Å². The SMILES string of the molecule is CCCC(C)(C)C(C)(CC(C)(C)C)C(=O)NCCN(C)C. The molecular weight excluding hydrogens is 260 g/mol. The third-order valence-corrected chi connectivity index (χ3v) is 4.60. The molecule has 0 radical (unpaired) electrons. The fourth-order valence-corrected chi connectivity index (χ4v) is 3.18. The van der Waals surface area contributed by atoms with Gasteiger partial charge in [-0.15, -0.1) is 0 Å². The van der Waals surface area contributed by atoms with Crippen LogP contribution in [-0.2, 0) is 4.79 Å². The molecule has 1 amide bonds. The molecule has 0 spiro atoms. The first-order valence-corrected chi connectivity index (χ1v) is 8.29. The maximum Gasteiger partial charge on any atom is 0.226 e. The molecule has 3 heteroatoms. The Balaban J connectivity index is 5.17. The van der Waals surface area contributed by atoms with Crippen LogP contribution in [0.5, 0.6) is 0 Å². The van der Waals surface area contributed by atoms with Crippen molar-refractivity contribution >= 4 is 5.91 Å². The summed E-state index contributed by atoms with van der Waals surface area (Å²) in [5.41, 5.74) is -0.205. The summed E-state index contributed by atoms with van der Waals surface area (Å²) in [5, 5.41) is 3.16. The van der Waals surface area contributed by atoms with Crippen molar-refractivity contribution in [1.29, 1.82) is 0 Å². The van der Waals surface area contributed by atoms with E-state index in [1.165, 1.54) is 0 Å². The molecule has 0 aromatic heterocycles. The molecule has 0 heterocycles. The lowest BCUT2D eigenvalue weighted by Gasteiger charge is -2.46. The van der Waals surface area contributed by atoms with E-state index in [1.807, 2.05) is 14.1 Å². The van der Waals surface area contributed by atoms with Crippen molar-refractivity contribution in [2.75, 3.05) is 27.2 Å². The van der Waals surface area contributed by atoms with Crippen LogP contribution in [0.25, 0.3) is 0 Å². The summed E-state index contributed by atoms with van der Waals surface area (Å²) < 4.78 is 0. The first kappa shape index (κ1) is 20.4. The molecule has 0 fully saturated rings. The molecule has 126 valence electrons. The maximum absolute atomic E-state index is 12.9. The van der Waals surface area contributed by atoms with Crippen LogP contribution in [-0.4, -0.2) is 38.0 Å². The van der Waals surface area contributed by atoms with Crippen molar-refractivity contribution in [3.8, 4) is 0 Å². The minimum Gasteiger partial charge on any atom is -0.354 e. The molecule has 0 rings (SSSR count). The standard InChI is InChI=1S/C18H38N2O/c1-10-11-17(5,6)18(7,14-16(2,3)4)15(21)19-12-13-20(8)9/h10-14H2,1-9H3,(H,19,21). The Morgan fingerprint density at radius 2 is 1.57 bits per heavy atom. The van der Waals surface area contributed by atoms with Crippen LogP contribution in [0.4, 0.5) is 0 Å². The van der Waals surface area contributed by atoms with Crippen LogP contribution in [0, 0.1) is 16.2 Å². The van der Waals surface area contributed by atoms with Gasteiger partial charge in [0.1, 0.15) is 0 Å². The molecule has 0 aromatic rings.